The van der Waals surface area contributed by atoms with E-state index >= 15 is 0 Å². The summed E-state index contributed by atoms with van der Waals surface area (Å²) in [7, 11) is 0. The van der Waals surface area contributed by atoms with Crippen LogP contribution in [0.25, 0.3) is 0 Å². The highest BCUT2D eigenvalue weighted by Gasteiger charge is 2.17. The number of halogens is 2. The van der Waals surface area contributed by atoms with E-state index < -0.39 is 5.97 Å². The van der Waals surface area contributed by atoms with Crippen LogP contribution in [0, 0.1) is 0 Å². The van der Waals surface area contributed by atoms with Gasteiger partial charge in [0.25, 0.3) is 0 Å². The molecule has 0 saturated heterocycles. The number of allylic oxidation sites excluding steroid dienone is 1. The van der Waals surface area contributed by atoms with Gasteiger partial charge in [-0.25, -0.2) is 4.79 Å². The van der Waals surface area contributed by atoms with Crippen molar-refractivity contribution in [2.24, 2.45) is 0 Å². The lowest BCUT2D eigenvalue weighted by atomic mass is 9.97. The average molecular weight is 417 g/mol. The molecule has 1 aliphatic carbocycles. The summed E-state index contributed by atoms with van der Waals surface area (Å²) in [5, 5.41) is 12.0. The molecule has 6 heteroatoms. The molecular formula is C15H15Br2NO3. The van der Waals surface area contributed by atoms with Crippen molar-refractivity contribution in [3.63, 3.8) is 0 Å². The lowest BCUT2D eigenvalue weighted by molar-refractivity contribution is -0.115. The van der Waals surface area contributed by atoms with Crippen LogP contribution >= 0.6 is 31.9 Å². The number of carboxylic acids is 1. The Morgan fingerprint density at radius 3 is 2.62 bits per heavy atom. The smallest absolute Gasteiger partial charge is 0.337 e. The van der Waals surface area contributed by atoms with Gasteiger partial charge in [0.2, 0.25) is 5.91 Å². The Morgan fingerprint density at radius 1 is 1.24 bits per heavy atom. The maximum absolute atomic E-state index is 12.1. The fourth-order valence-electron chi connectivity index (χ4n) is 2.32. The van der Waals surface area contributed by atoms with Crippen molar-refractivity contribution in [3.8, 4) is 0 Å². The minimum absolute atomic E-state index is 0.0576. The first kappa shape index (κ1) is 16.2. The molecule has 4 nitrogen and oxygen atoms in total. The second kappa shape index (κ2) is 7.22. The highest BCUT2D eigenvalue weighted by Crippen LogP contribution is 2.31. The SMILES string of the molecule is O=C(CC1=CCCCC1)Nc1c(Br)cc(Br)cc1C(=O)O. The number of benzene rings is 1. The molecule has 112 valence electrons. The second-order valence-corrected chi connectivity index (χ2v) is 6.72. The standard InChI is InChI=1S/C15H15Br2NO3/c16-10-7-11(15(20)21)14(12(17)8-10)18-13(19)6-9-4-2-1-3-5-9/h4,7-8H,1-3,5-6H2,(H,18,19)(H,20,21). The molecule has 0 bridgehead atoms. The number of carbonyl (C=O) groups is 2. The minimum atomic E-state index is -1.08. The summed E-state index contributed by atoms with van der Waals surface area (Å²) in [4.78, 5) is 23.4. The van der Waals surface area contributed by atoms with Crippen molar-refractivity contribution < 1.29 is 14.7 Å². The van der Waals surface area contributed by atoms with Crippen LogP contribution in [0.15, 0.2) is 32.7 Å². The van der Waals surface area contributed by atoms with Gasteiger partial charge in [-0.3, -0.25) is 4.79 Å². The quantitative estimate of drug-likeness (QED) is 0.696. The molecule has 0 spiro atoms. The number of aromatic carboxylic acids is 1. The summed E-state index contributed by atoms with van der Waals surface area (Å²) < 4.78 is 1.18. The van der Waals surface area contributed by atoms with Crippen molar-refractivity contribution in [2.45, 2.75) is 32.1 Å². The monoisotopic (exact) mass is 415 g/mol. The molecular weight excluding hydrogens is 402 g/mol. The largest absolute Gasteiger partial charge is 0.478 e. The number of anilines is 1. The predicted octanol–water partition coefficient (Wildman–Crippen LogP) is 4.74. The normalized spacial score (nSPS) is 14.5. The number of amides is 1. The van der Waals surface area contributed by atoms with E-state index in [1.54, 1.807) is 6.07 Å². The average Bonchev–Trinajstić information content (AvgIpc) is 2.42. The Hall–Kier alpha value is -1.14. The molecule has 2 rings (SSSR count). The Morgan fingerprint density at radius 2 is 2.00 bits per heavy atom. The molecule has 0 aromatic heterocycles. The van der Waals surface area contributed by atoms with Crippen LogP contribution in [0.3, 0.4) is 0 Å². The Balaban J connectivity index is 2.16. The molecule has 0 aliphatic heterocycles. The van der Waals surface area contributed by atoms with Gasteiger partial charge in [-0.2, -0.15) is 0 Å². The molecule has 0 unspecified atom stereocenters. The maximum Gasteiger partial charge on any atom is 0.337 e. The Labute approximate surface area is 139 Å². The molecule has 21 heavy (non-hydrogen) atoms. The van der Waals surface area contributed by atoms with E-state index in [-0.39, 0.29) is 11.5 Å². The number of hydrogen-bond acceptors (Lipinski definition) is 2. The van der Waals surface area contributed by atoms with E-state index in [1.165, 1.54) is 12.5 Å². The van der Waals surface area contributed by atoms with Gasteiger partial charge in [0, 0.05) is 15.4 Å². The van der Waals surface area contributed by atoms with Crippen LogP contribution in [-0.4, -0.2) is 17.0 Å². The number of carbonyl (C=O) groups excluding carboxylic acids is 1. The van der Waals surface area contributed by atoms with E-state index in [2.05, 4.69) is 43.3 Å². The highest BCUT2D eigenvalue weighted by atomic mass is 79.9. The van der Waals surface area contributed by atoms with Gasteiger partial charge in [-0.15, -0.1) is 0 Å². The third-order valence-corrected chi connectivity index (χ3v) is 4.41. The minimum Gasteiger partial charge on any atom is -0.478 e. The van der Waals surface area contributed by atoms with E-state index in [4.69, 9.17) is 0 Å². The number of nitrogens with one attached hydrogen (secondary N) is 1. The molecule has 1 aromatic carbocycles. The number of rotatable bonds is 4. The van der Waals surface area contributed by atoms with Gasteiger partial charge in [0.15, 0.2) is 0 Å². The first-order valence-electron chi connectivity index (χ1n) is 6.67. The van der Waals surface area contributed by atoms with Crippen LogP contribution in [0.1, 0.15) is 42.5 Å². The van der Waals surface area contributed by atoms with Crippen molar-refractivity contribution in [1.29, 1.82) is 0 Å². The summed E-state index contributed by atoms with van der Waals surface area (Å²) in [6.07, 6.45) is 6.68. The van der Waals surface area contributed by atoms with Crippen LogP contribution in [0.5, 0.6) is 0 Å². The molecule has 1 aromatic rings. The van der Waals surface area contributed by atoms with Crippen molar-refractivity contribution in [1.82, 2.24) is 0 Å². The molecule has 1 amide bonds. The predicted molar refractivity (Wildman–Crippen MR) is 88.6 cm³/mol. The van der Waals surface area contributed by atoms with Crippen molar-refractivity contribution in [3.05, 3.63) is 38.3 Å². The van der Waals surface area contributed by atoms with Crippen LogP contribution in [-0.2, 0) is 4.79 Å². The lowest BCUT2D eigenvalue weighted by Crippen LogP contribution is -2.16. The van der Waals surface area contributed by atoms with Gasteiger partial charge in [-0.1, -0.05) is 27.6 Å². The lowest BCUT2D eigenvalue weighted by Gasteiger charge is -2.14. The topological polar surface area (TPSA) is 66.4 Å². The highest BCUT2D eigenvalue weighted by molar-refractivity contribution is 9.11. The molecule has 0 atom stereocenters. The molecule has 0 heterocycles. The molecule has 0 radical (unpaired) electrons. The van der Waals surface area contributed by atoms with Crippen molar-refractivity contribution in [2.75, 3.05) is 5.32 Å². The van der Waals surface area contributed by atoms with Gasteiger partial charge in [-0.05, 0) is 53.7 Å². The van der Waals surface area contributed by atoms with Crippen molar-refractivity contribution >= 4 is 49.4 Å². The van der Waals surface area contributed by atoms with E-state index in [1.807, 2.05) is 0 Å². The maximum atomic E-state index is 12.1. The van der Waals surface area contributed by atoms with Crippen LogP contribution in [0.2, 0.25) is 0 Å². The van der Waals surface area contributed by atoms with Gasteiger partial charge >= 0.3 is 5.97 Å². The van der Waals surface area contributed by atoms with Gasteiger partial charge in [0.05, 0.1) is 11.3 Å². The Kier molecular flexibility index (Phi) is 5.58. The third-order valence-electron chi connectivity index (χ3n) is 3.32. The molecule has 0 saturated carbocycles. The van der Waals surface area contributed by atoms with Crippen LogP contribution in [0.4, 0.5) is 5.69 Å². The summed E-state index contributed by atoms with van der Waals surface area (Å²) in [5.74, 6) is -1.27. The zero-order chi connectivity index (χ0) is 15.4. The fourth-order valence-corrected chi connectivity index (χ4v) is 3.65. The zero-order valence-corrected chi connectivity index (χ0v) is 14.5. The first-order chi connectivity index (χ1) is 9.97. The molecule has 2 N–H and O–H groups in total. The second-order valence-electron chi connectivity index (χ2n) is 4.95. The van der Waals surface area contributed by atoms with E-state index in [0.29, 0.717) is 21.1 Å². The molecule has 1 aliphatic rings. The third kappa shape index (κ3) is 4.41. The van der Waals surface area contributed by atoms with Crippen LogP contribution < -0.4 is 5.32 Å². The zero-order valence-electron chi connectivity index (χ0n) is 11.3. The van der Waals surface area contributed by atoms with Gasteiger partial charge < -0.3 is 10.4 Å². The van der Waals surface area contributed by atoms with E-state index in [0.717, 1.165) is 24.8 Å². The fraction of sp³-hybridized carbons (Fsp3) is 0.333. The summed E-state index contributed by atoms with van der Waals surface area (Å²) >= 11 is 6.54. The van der Waals surface area contributed by atoms with E-state index in [9.17, 15) is 14.7 Å². The first-order valence-corrected chi connectivity index (χ1v) is 8.26. The molecule has 0 fully saturated rings. The number of carboxylic acid groups (broad SMARTS) is 1. The number of hydrogen-bond donors (Lipinski definition) is 2. The summed E-state index contributed by atoms with van der Waals surface area (Å²) in [6, 6.07) is 3.19. The van der Waals surface area contributed by atoms with Gasteiger partial charge in [0.1, 0.15) is 0 Å². The summed E-state index contributed by atoms with van der Waals surface area (Å²) in [6.45, 7) is 0. The Bertz CT molecular complexity index is 611. The summed E-state index contributed by atoms with van der Waals surface area (Å²) in [5.41, 5.74) is 1.48.